The third-order valence-electron chi connectivity index (χ3n) is 2.66. The van der Waals surface area contributed by atoms with Crippen molar-refractivity contribution in [1.29, 1.82) is 0 Å². The van der Waals surface area contributed by atoms with E-state index in [0.29, 0.717) is 0 Å². The maximum Gasteiger partial charge on any atom is 2.00 e. The Morgan fingerprint density at radius 2 is 1.79 bits per heavy atom. The topological polar surface area (TPSA) is 0 Å². The maximum atomic E-state index is 2.23. The first kappa shape index (κ1) is 9.18. The molecule has 66 valence electrons. The Labute approximate surface area is 90.4 Å². The number of benzene rings is 2. The van der Waals surface area contributed by atoms with Gasteiger partial charge >= 0.3 is 10.1 Å². The van der Waals surface area contributed by atoms with E-state index in [2.05, 4.69) is 48.6 Å². The standard InChI is InChI=1S/C13H10.Be.2H/c1-4-10-6-2-8-12-9-3-7-11(5-1)13(10)12;;;/h1-8H,9H2;;;/q;+2;2*-1. The van der Waals surface area contributed by atoms with Crippen LogP contribution < -0.4 is 0 Å². The summed E-state index contributed by atoms with van der Waals surface area (Å²) in [6, 6.07) is 13.0. The van der Waals surface area contributed by atoms with E-state index >= 15 is 0 Å². The third kappa shape index (κ3) is 1.20. The van der Waals surface area contributed by atoms with E-state index in [1.54, 1.807) is 0 Å². The van der Waals surface area contributed by atoms with Gasteiger partial charge in [0.25, 0.3) is 0 Å². The van der Waals surface area contributed by atoms with Crippen LogP contribution in [0.1, 0.15) is 14.0 Å². The summed E-state index contributed by atoms with van der Waals surface area (Å²) in [5.41, 5.74) is 2.81. The molecule has 0 bridgehead atoms. The molecule has 0 unspecified atom stereocenters. The van der Waals surface area contributed by atoms with Crippen LogP contribution in [0.25, 0.3) is 16.8 Å². The summed E-state index contributed by atoms with van der Waals surface area (Å²) in [6.45, 7) is 0. The number of allylic oxidation sites excluding steroid dienone is 1. The minimum Gasteiger partial charge on any atom is -1.00 e. The largest absolute Gasteiger partial charge is 2.00 e. The Morgan fingerprint density at radius 3 is 2.64 bits per heavy atom. The molecule has 0 fully saturated rings. The molecule has 0 nitrogen and oxygen atoms in total. The second-order valence-corrected chi connectivity index (χ2v) is 3.47. The van der Waals surface area contributed by atoms with Crippen molar-refractivity contribution in [2.24, 2.45) is 0 Å². The quantitative estimate of drug-likeness (QED) is 0.542. The second-order valence-electron chi connectivity index (χ2n) is 3.47. The van der Waals surface area contributed by atoms with E-state index in [0.717, 1.165) is 6.42 Å². The van der Waals surface area contributed by atoms with Gasteiger partial charge in [-0.15, -0.1) is 0 Å². The summed E-state index contributed by atoms with van der Waals surface area (Å²) < 4.78 is 0. The van der Waals surface area contributed by atoms with Crippen LogP contribution in [-0.2, 0) is 6.42 Å². The smallest absolute Gasteiger partial charge is 1.00 e. The van der Waals surface area contributed by atoms with Crippen LogP contribution in [0, 0.1) is 0 Å². The van der Waals surface area contributed by atoms with Gasteiger partial charge in [-0.3, -0.25) is 0 Å². The second kappa shape index (κ2) is 3.40. The van der Waals surface area contributed by atoms with Gasteiger partial charge in [0, 0.05) is 0 Å². The third-order valence-corrected chi connectivity index (χ3v) is 2.66. The number of hydrogen-bond donors (Lipinski definition) is 0. The molecule has 1 aliphatic rings. The monoisotopic (exact) mass is 177 g/mol. The fourth-order valence-electron chi connectivity index (χ4n) is 2.07. The van der Waals surface area contributed by atoms with Crippen molar-refractivity contribution >= 4 is 27.0 Å². The summed E-state index contributed by atoms with van der Waals surface area (Å²) in [7, 11) is 0. The van der Waals surface area contributed by atoms with Gasteiger partial charge in [-0.2, -0.15) is 0 Å². The van der Waals surface area contributed by atoms with Crippen LogP contribution in [0.5, 0.6) is 0 Å². The maximum absolute atomic E-state index is 2.23. The van der Waals surface area contributed by atoms with E-state index in [9.17, 15) is 0 Å². The molecule has 1 aliphatic carbocycles. The summed E-state index contributed by atoms with van der Waals surface area (Å²) in [6.07, 6.45) is 5.53. The summed E-state index contributed by atoms with van der Waals surface area (Å²) in [5.74, 6) is 0. The molecule has 0 aromatic heterocycles. The molecule has 1 heteroatoms. The van der Waals surface area contributed by atoms with Crippen LogP contribution in [0.15, 0.2) is 42.5 Å². The van der Waals surface area contributed by atoms with Crippen molar-refractivity contribution in [3.05, 3.63) is 53.6 Å². The zero-order valence-electron chi connectivity index (χ0n) is 10.0. The van der Waals surface area contributed by atoms with Gasteiger partial charge in [0.1, 0.15) is 0 Å². The first-order valence-corrected chi connectivity index (χ1v) is 4.62. The van der Waals surface area contributed by atoms with Crippen molar-refractivity contribution in [2.45, 2.75) is 6.42 Å². The Balaban J connectivity index is 0.000000750. The molecule has 0 N–H and O–H groups in total. The zero-order chi connectivity index (χ0) is 8.67. The summed E-state index contributed by atoms with van der Waals surface area (Å²) in [4.78, 5) is 0. The van der Waals surface area contributed by atoms with E-state index in [1.807, 2.05) is 0 Å². The van der Waals surface area contributed by atoms with Crippen LogP contribution in [0.2, 0.25) is 0 Å². The Hall–Kier alpha value is -1.39. The van der Waals surface area contributed by atoms with Gasteiger partial charge in [0.15, 0.2) is 0 Å². The first-order valence-electron chi connectivity index (χ1n) is 4.62. The normalized spacial score (nSPS) is 12.6. The fraction of sp³-hybridized carbons (Fsp3) is 0.0769. The van der Waals surface area contributed by atoms with Crippen molar-refractivity contribution in [1.82, 2.24) is 0 Å². The average Bonchev–Trinajstić information content (AvgIpc) is 2.19. The average molecular weight is 177 g/mol. The minimum absolute atomic E-state index is 0. The SMILES string of the molecule is C1=Cc2cccc3cccc(c23)C1.[Be+2].[H-].[H-]. The van der Waals surface area contributed by atoms with Crippen LogP contribution in [-0.4, -0.2) is 10.1 Å². The molecule has 0 heterocycles. The molecule has 0 atom stereocenters. The molecule has 0 saturated carbocycles. The predicted octanol–water partition coefficient (Wildman–Crippen LogP) is 3.25. The van der Waals surface area contributed by atoms with E-state index in [1.165, 1.54) is 21.9 Å². The van der Waals surface area contributed by atoms with Gasteiger partial charge < -0.3 is 2.85 Å². The van der Waals surface area contributed by atoms with E-state index < -0.39 is 0 Å². The summed E-state index contributed by atoms with van der Waals surface area (Å²) in [5, 5.41) is 2.80. The first-order chi connectivity index (χ1) is 6.45. The van der Waals surface area contributed by atoms with Crippen molar-refractivity contribution in [3.8, 4) is 0 Å². The van der Waals surface area contributed by atoms with Crippen LogP contribution in [0.3, 0.4) is 0 Å². The fourth-order valence-corrected chi connectivity index (χ4v) is 2.07. The van der Waals surface area contributed by atoms with Gasteiger partial charge in [0.2, 0.25) is 0 Å². The Bertz CT molecular complexity index is 501. The van der Waals surface area contributed by atoms with Crippen LogP contribution in [0.4, 0.5) is 0 Å². The predicted molar refractivity (Wildman–Crippen MR) is 64.7 cm³/mol. The van der Waals surface area contributed by atoms with Crippen molar-refractivity contribution in [3.63, 3.8) is 0 Å². The van der Waals surface area contributed by atoms with E-state index in [4.69, 9.17) is 0 Å². The molecule has 0 spiro atoms. The molecule has 2 aromatic rings. The van der Waals surface area contributed by atoms with Crippen molar-refractivity contribution in [2.75, 3.05) is 0 Å². The molecule has 2 aromatic carbocycles. The zero-order valence-corrected chi connectivity index (χ0v) is 8.03. The van der Waals surface area contributed by atoms with Crippen molar-refractivity contribution < 1.29 is 2.85 Å². The number of rotatable bonds is 0. The summed E-state index contributed by atoms with van der Waals surface area (Å²) >= 11 is 0. The molecule has 0 saturated heterocycles. The van der Waals surface area contributed by atoms with Crippen LogP contribution >= 0.6 is 0 Å². The van der Waals surface area contributed by atoms with Gasteiger partial charge in [-0.25, -0.2) is 0 Å². The molecule has 3 rings (SSSR count). The van der Waals surface area contributed by atoms with E-state index in [-0.39, 0.29) is 13.0 Å². The molecule has 14 heavy (non-hydrogen) atoms. The number of hydrogen-bond acceptors (Lipinski definition) is 0. The molecular weight excluding hydrogens is 165 g/mol. The Kier molecular flexibility index (Phi) is 2.23. The molecular formula is C13H12Be. The molecule has 0 amide bonds. The molecule has 0 radical (unpaired) electrons. The van der Waals surface area contributed by atoms with Gasteiger partial charge in [-0.05, 0) is 28.3 Å². The molecule has 0 aliphatic heterocycles. The Morgan fingerprint density at radius 1 is 1.00 bits per heavy atom. The van der Waals surface area contributed by atoms with Gasteiger partial charge in [0.05, 0.1) is 0 Å². The van der Waals surface area contributed by atoms with Gasteiger partial charge in [-0.1, -0.05) is 48.6 Å². The minimum atomic E-state index is 0.